The summed E-state index contributed by atoms with van der Waals surface area (Å²) < 4.78 is 16.3. The van der Waals surface area contributed by atoms with Gasteiger partial charge in [-0.05, 0) is 14.0 Å². The van der Waals surface area contributed by atoms with Crippen molar-refractivity contribution >= 4 is 10.8 Å². The fourth-order valence-corrected chi connectivity index (χ4v) is 2.35. The number of nitrogens with zero attached hydrogens (tertiary/aromatic N) is 3. The molecule has 0 aromatic carbocycles. The molecule has 0 saturated heterocycles. The topological polar surface area (TPSA) is 59.2 Å². The predicted octanol–water partition coefficient (Wildman–Crippen LogP) is 1.39. The summed E-state index contributed by atoms with van der Waals surface area (Å²) in [7, 11) is 1.19. The first kappa shape index (κ1) is 14.3. The maximum absolute atomic E-state index is 11.1. The highest BCUT2D eigenvalue weighted by Gasteiger charge is 2.15. The highest BCUT2D eigenvalue weighted by Crippen LogP contribution is 2.12. The summed E-state index contributed by atoms with van der Waals surface area (Å²) >= 11 is 0. The van der Waals surface area contributed by atoms with Crippen LogP contribution in [0.3, 0.4) is 0 Å². The molecule has 0 aliphatic carbocycles. The summed E-state index contributed by atoms with van der Waals surface area (Å²) in [5, 5.41) is 3.94. The van der Waals surface area contributed by atoms with Crippen LogP contribution < -0.4 is 0 Å². The van der Waals surface area contributed by atoms with Crippen LogP contribution in [0, 0.1) is 0 Å². The van der Waals surface area contributed by atoms with E-state index in [4.69, 9.17) is 4.52 Å². The lowest BCUT2D eigenvalue weighted by molar-refractivity contribution is 0.256. The minimum atomic E-state index is -0.782. The van der Waals surface area contributed by atoms with E-state index in [-0.39, 0.29) is 12.0 Å². The van der Waals surface area contributed by atoms with E-state index in [1.165, 1.54) is 0 Å². The molecule has 5 nitrogen and oxygen atoms in total. The summed E-state index contributed by atoms with van der Waals surface area (Å²) in [5.74, 6) is 2.26. The monoisotopic (exact) mass is 259 g/mol. The van der Waals surface area contributed by atoms with Gasteiger partial charge in [-0.2, -0.15) is 4.98 Å². The molecule has 2 atom stereocenters. The Labute approximate surface area is 105 Å². The fourth-order valence-electron chi connectivity index (χ4n) is 1.41. The first-order chi connectivity index (χ1) is 7.90. The molecule has 0 bridgehead atoms. The molecular weight excluding hydrogens is 238 g/mol. The molecule has 0 radical (unpaired) electrons. The van der Waals surface area contributed by atoms with Gasteiger partial charge in [0, 0.05) is 34.8 Å². The van der Waals surface area contributed by atoms with Crippen molar-refractivity contribution in [1.29, 1.82) is 0 Å². The first-order valence-corrected chi connectivity index (χ1v) is 7.45. The first-order valence-electron chi connectivity index (χ1n) is 5.73. The maximum atomic E-state index is 11.1. The molecule has 0 saturated carbocycles. The van der Waals surface area contributed by atoms with Gasteiger partial charge in [0.2, 0.25) is 5.89 Å². The average molecular weight is 259 g/mol. The smallest absolute Gasteiger partial charge is 0.229 e. The van der Waals surface area contributed by atoms with Crippen LogP contribution in [0.1, 0.15) is 38.4 Å². The second-order valence-corrected chi connectivity index (χ2v) is 6.19. The zero-order valence-corrected chi connectivity index (χ0v) is 12.0. The Bertz CT molecular complexity index is 379. The largest absolute Gasteiger partial charge is 0.339 e. The SMILES string of the molecule is CC(C)c1nc(CN(C)[C@H](C)C[S@@](C)=O)no1. The van der Waals surface area contributed by atoms with Gasteiger partial charge in [0.25, 0.3) is 0 Å². The highest BCUT2D eigenvalue weighted by molar-refractivity contribution is 7.84. The number of hydrogen-bond donors (Lipinski definition) is 0. The fraction of sp³-hybridized carbons (Fsp3) is 0.818. The van der Waals surface area contributed by atoms with Crippen molar-refractivity contribution in [3.05, 3.63) is 11.7 Å². The minimum Gasteiger partial charge on any atom is -0.339 e. The van der Waals surface area contributed by atoms with Crippen molar-refractivity contribution in [1.82, 2.24) is 15.0 Å². The predicted molar refractivity (Wildman–Crippen MR) is 68.2 cm³/mol. The summed E-state index contributed by atoms with van der Waals surface area (Å²) in [6.45, 7) is 6.70. The molecule has 6 heteroatoms. The molecule has 0 amide bonds. The van der Waals surface area contributed by atoms with Crippen LogP contribution in [0.25, 0.3) is 0 Å². The standard InChI is InChI=1S/C11H21N3O2S/c1-8(2)11-12-10(13-16-11)6-14(4)9(3)7-17(5)15/h8-9H,6-7H2,1-5H3/t9-,17-/m1/s1. The Morgan fingerprint density at radius 3 is 2.53 bits per heavy atom. The molecule has 0 aliphatic rings. The van der Waals surface area contributed by atoms with Gasteiger partial charge in [-0.3, -0.25) is 9.11 Å². The quantitative estimate of drug-likeness (QED) is 0.772. The molecular formula is C11H21N3O2S. The van der Waals surface area contributed by atoms with Crippen LogP contribution in [0.5, 0.6) is 0 Å². The van der Waals surface area contributed by atoms with E-state index in [9.17, 15) is 4.21 Å². The van der Waals surface area contributed by atoms with Gasteiger partial charge in [-0.1, -0.05) is 19.0 Å². The van der Waals surface area contributed by atoms with E-state index in [0.717, 1.165) is 0 Å². The van der Waals surface area contributed by atoms with Gasteiger partial charge in [0.1, 0.15) is 0 Å². The van der Waals surface area contributed by atoms with E-state index in [0.29, 0.717) is 24.0 Å². The second-order valence-electron chi connectivity index (χ2n) is 4.71. The summed E-state index contributed by atoms with van der Waals surface area (Å²) in [6, 6.07) is 0.238. The molecule has 1 heterocycles. The third-order valence-corrected chi connectivity index (χ3v) is 3.55. The molecule has 0 unspecified atom stereocenters. The van der Waals surface area contributed by atoms with Gasteiger partial charge >= 0.3 is 0 Å². The maximum Gasteiger partial charge on any atom is 0.229 e. The van der Waals surface area contributed by atoms with Crippen LogP contribution >= 0.6 is 0 Å². The van der Waals surface area contributed by atoms with Crippen molar-refractivity contribution in [3.8, 4) is 0 Å². The van der Waals surface area contributed by atoms with Crippen LogP contribution in [0.15, 0.2) is 4.52 Å². The highest BCUT2D eigenvalue weighted by atomic mass is 32.2. The Morgan fingerprint density at radius 2 is 2.06 bits per heavy atom. The van der Waals surface area contributed by atoms with Crippen LogP contribution in [-0.2, 0) is 17.3 Å². The van der Waals surface area contributed by atoms with Crippen molar-refractivity contribution in [2.45, 2.75) is 39.3 Å². The molecule has 17 heavy (non-hydrogen) atoms. The summed E-state index contributed by atoms with van der Waals surface area (Å²) in [4.78, 5) is 6.40. The van der Waals surface area contributed by atoms with Gasteiger partial charge in [0.05, 0.1) is 6.54 Å². The van der Waals surface area contributed by atoms with E-state index in [2.05, 4.69) is 15.0 Å². The molecule has 1 rings (SSSR count). The van der Waals surface area contributed by atoms with Crippen molar-refractivity contribution < 1.29 is 8.73 Å². The number of aromatic nitrogens is 2. The third-order valence-electron chi connectivity index (χ3n) is 2.60. The molecule has 0 N–H and O–H groups in total. The zero-order valence-electron chi connectivity index (χ0n) is 11.1. The molecule has 1 aromatic heterocycles. The molecule has 0 fully saturated rings. The average Bonchev–Trinajstić information content (AvgIpc) is 2.65. The number of rotatable bonds is 6. The molecule has 1 aromatic rings. The molecule has 0 aliphatic heterocycles. The van der Waals surface area contributed by atoms with Gasteiger partial charge in [-0.15, -0.1) is 0 Å². The lowest BCUT2D eigenvalue weighted by atomic mass is 10.2. The van der Waals surface area contributed by atoms with Crippen molar-refractivity contribution in [3.63, 3.8) is 0 Å². The van der Waals surface area contributed by atoms with Crippen molar-refractivity contribution in [2.24, 2.45) is 0 Å². The van der Waals surface area contributed by atoms with E-state index in [1.54, 1.807) is 6.26 Å². The van der Waals surface area contributed by atoms with Gasteiger partial charge in [0.15, 0.2) is 5.82 Å². The van der Waals surface area contributed by atoms with Crippen LogP contribution in [0.4, 0.5) is 0 Å². The molecule has 98 valence electrons. The van der Waals surface area contributed by atoms with Gasteiger partial charge in [-0.25, -0.2) is 0 Å². The minimum absolute atomic E-state index is 0.238. The Morgan fingerprint density at radius 1 is 1.41 bits per heavy atom. The lowest BCUT2D eigenvalue weighted by Crippen LogP contribution is -2.33. The Hall–Kier alpha value is -0.750. The van der Waals surface area contributed by atoms with E-state index >= 15 is 0 Å². The lowest BCUT2D eigenvalue weighted by Gasteiger charge is -2.21. The Balaban J connectivity index is 2.55. The summed E-state index contributed by atoms with van der Waals surface area (Å²) in [5.41, 5.74) is 0. The molecule has 0 spiro atoms. The third kappa shape index (κ3) is 4.55. The number of hydrogen-bond acceptors (Lipinski definition) is 5. The second kappa shape index (κ2) is 6.26. The Kier molecular flexibility index (Phi) is 5.27. The van der Waals surface area contributed by atoms with Gasteiger partial charge < -0.3 is 4.52 Å². The van der Waals surface area contributed by atoms with E-state index in [1.807, 2.05) is 27.8 Å². The summed E-state index contributed by atoms with van der Waals surface area (Å²) in [6.07, 6.45) is 1.72. The van der Waals surface area contributed by atoms with E-state index < -0.39 is 10.8 Å². The normalized spacial score (nSPS) is 15.5. The van der Waals surface area contributed by atoms with Crippen LogP contribution in [-0.4, -0.2) is 44.3 Å². The van der Waals surface area contributed by atoms with Crippen molar-refractivity contribution in [2.75, 3.05) is 19.1 Å². The zero-order chi connectivity index (χ0) is 13.0. The van der Waals surface area contributed by atoms with Crippen LogP contribution in [0.2, 0.25) is 0 Å².